The molecule has 1 aromatic carbocycles. The summed E-state index contributed by atoms with van der Waals surface area (Å²) >= 11 is 0. The zero-order valence-corrected chi connectivity index (χ0v) is 6.94. The summed E-state index contributed by atoms with van der Waals surface area (Å²) in [5.41, 5.74) is -0.391. The van der Waals surface area contributed by atoms with Crippen LogP contribution in [0.4, 0.5) is 4.39 Å². The summed E-state index contributed by atoms with van der Waals surface area (Å²) in [7, 11) is 0. The van der Waals surface area contributed by atoms with E-state index in [0.29, 0.717) is 0 Å². The molecule has 1 N–H and O–H groups in total. The van der Waals surface area contributed by atoms with Crippen LogP contribution in [0.15, 0.2) is 18.2 Å². The van der Waals surface area contributed by atoms with Crippen LogP contribution in [-0.4, -0.2) is 16.0 Å². The van der Waals surface area contributed by atoms with E-state index in [9.17, 15) is 19.3 Å². The number of carbonyl (C=O) groups is 1. The van der Waals surface area contributed by atoms with Crippen molar-refractivity contribution >= 4 is 5.97 Å². The smallest absolute Gasteiger partial charge is 0.338 e. The lowest BCUT2D eigenvalue weighted by Crippen LogP contribution is -2.04. The first-order chi connectivity index (χ1) is 6.50. The molecule has 0 radical (unpaired) electrons. The van der Waals surface area contributed by atoms with Crippen LogP contribution in [0.25, 0.3) is 0 Å². The van der Waals surface area contributed by atoms with Gasteiger partial charge in [0.05, 0.1) is 5.56 Å². The summed E-state index contributed by atoms with van der Waals surface area (Å²) in [6.45, 7) is -0.513. The highest BCUT2D eigenvalue weighted by Gasteiger charge is 2.12. The van der Waals surface area contributed by atoms with E-state index in [1.165, 1.54) is 6.07 Å². The second kappa shape index (κ2) is 3.82. The van der Waals surface area contributed by atoms with Crippen LogP contribution in [0.1, 0.15) is 15.9 Å². The predicted molar refractivity (Wildman–Crippen MR) is 44.1 cm³/mol. The topological polar surface area (TPSA) is 80.4 Å². The Morgan fingerprint density at radius 2 is 2.21 bits per heavy atom. The van der Waals surface area contributed by atoms with Crippen molar-refractivity contribution in [2.24, 2.45) is 0 Å². The minimum absolute atomic E-state index is 0.161. The van der Waals surface area contributed by atoms with Crippen molar-refractivity contribution in [1.82, 2.24) is 0 Å². The number of rotatable bonds is 3. The van der Waals surface area contributed by atoms with E-state index in [0.717, 1.165) is 12.1 Å². The average molecular weight is 199 g/mol. The molecule has 0 bridgehead atoms. The first-order valence-corrected chi connectivity index (χ1v) is 3.64. The maximum atomic E-state index is 12.8. The maximum absolute atomic E-state index is 12.8. The molecule has 5 nitrogen and oxygen atoms in total. The normalized spacial score (nSPS) is 9.79. The van der Waals surface area contributed by atoms with Crippen molar-refractivity contribution < 1.29 is 19.2 Å². The van der Waals surface area contributed by atoms with Gasteiger partial charge < -0.3 is 5.11 Å². The third-order valence-electron chi connectivity index (χ3n) is 1.57. The van der Waals surface area contributed by atoms with E-state index in [2.05, 4.69) is 0 Å². The molecule has 14 heavy (non-hydrogen) atoms. The summed E-state index contributed by atoms with van der Waals surface area (Å²) in [6.07, 6.45) is 0. The molecule has 0 heterocycles. The molecule has 0 aliphatic carbocycles. The molecule has 0 saturated heterocycles. The quantitative estimate of drug-likeness (QED) is 0.587. The van der Waals surface area contributed by atoms with Gasteiger partial charge in [-0.25, -0.2) is 9.18 Å². The minimum Gasteiger partial charge on any atom is -0.478 e. The number of nitro groups is 1. The summed E-state index contributed by atoms with van der Waals surface area (Å²) in [5, 5.41) is 18.6. The van der Waals surface area contributed by atoms with Gasteiger partial charge in [-0.05, 0) is 18.2 Å². The highest BCUT2D eigenvalue weighted by atomic mass is 19.1. The molecule has 0 spiro atoms. The zero-order valence-electron chi connectivity index (χ0n) is 6.94. The first-order valence-electron chi connectivity index (χ1n) is 3.64. The molecule has 0 amide bonds. The van der Waals surface area contributed by atoms with Crippen molar-refractivity contribution in [1.29, 1.82) is 0 Å². The molecule has 0 aliphatic rings. The summed E-state index contributed by atoms with van der Waals surface area (Å²) in [4.78, 5) is 19.9. The van der Waals surface area contributed by atoms with E-state index in [-0.39, 0.29) is 5.56 Å². The highest BCUT2D eigenvalue weighted by molar-refractivity contribution is 5.88. The van der Waals surface area contributed by atoms with Crippen LogP contribution in [0.2, 0.25) is 0 Å². The third-order valence-corrected chi connectivity index (χ3v) is 1.57. The van der Waals surface area contributed by atoms with Crippen LogP contribution in [0.5, 0.6) is 0 Å². The highest BCUT2D eigenvalue weighted by Crippen LogP contribution is 2.11. The lowest BCUT2D eigenvalue weighted by molar-refractivity contribution is -0.496. The van der Waals surface area contributed by atoms with Gasteiger partial charge in [-0.15, -0.1) is 0 Å². The maximum Gasteiger partial charge on any atom is 0.338 e. The molecule has 74 valence electrons. The fourth-order valence-corrected chi connectivity index (χ4v) is 0.984. The van der Waals surface area contributed by atoms with Crippen LogP contribution in [0.3, 0.4) is 0 Å². The Balaban J connectivity index is 3.06. The Kier molecular flexibility index (Phi) is 2.76. The van der Waals surface area contributed by atoms with Gasteiger partial charge in [0.25, 0.3) is 0 Å². The second-order valence-electron chi connectivity index (χ2n) is 2.61. The van der Waals surface area contributed by atoms with Crippen molar-refractivity contribution in [3.05, 3.63) is 45.3 Å². The zero-order chi connectivity index (χ0) is 10.7. The summed E-state index contributed by atoms with van der Waals surface area (Å²) in [5.74, 6) is -2.34. The van der Waals surface area contributed by atoms with Gasteiger partial charge in [-0.2, -0.15) is 0 Å². The number of carboxylic acids is 1. The van der Waals surface area contributed by atoms with E-state index < -0.39 is 28.8 Å². The molecule has 0 fully saturated rings. The number of carboxylic acid groups (broad SMARTS) is 1. The third kappa shape index (κ3) is 2.25. The van der Waals surface area contributed by atoms with Gasteiger partial charge in [0.1, 0.15) is 5.82 Å². The van der Waals surface area contributed by atoms with Crippen molar-refractivity contribution in [2.45, 2.75) is 6.54 Å². The van der Waals surface area contributed by atoms with Crippen LogP contribution < -0.4 is 0 Å². The SMILES string of the molecule is O=C(O)c1cc(C[N+](=O)[O-])ccc1F. The summed E-state index contributed by atoms with van der Waals surface area (Å²) < 4.78 is 12.8. The molecule has 0 aliphatic heterocycles. The molecule has 1 aromatic rings. The van der Waals surface area contributed by atoms with Gasteiger partial charge in [0.2, 0.25) is 6.54 Å². The monoisotopic (exact) mass is 199 g/mol. The Bertz CT molecular complexity index is 391. The number of halogens is 1. The molecule has 0 saturated carbocycles. The summed E-state index contributed by atoms with van der Waals surface area (Å²) in [6, 6.07) is 3.05. The number of nitrogens with zero attached hydrogens (tertiary/aromatic N) is 1. The molecular formula is C8H6FNO4. The fourth-order valence-electron chi connectivity index (χ4n) is 0.984. The molecule has 1 rings (SSSR count). The molecule has 0 atom stereocenters. The van der Waals surface area contributed by atoms with E-state index in [1.807, 2.05) is 0 Å². The second-order valence-corrected chi connectivity index (χ2v) is 2.61. The Hall–Kier alpha value is -1.98. The van der Waals surface area contributed by atoms with Crippen LogP contribution in [-0.2, 0) is 6.54 Å². The van der Waals surface area contributed by atoms with Crippen LogP contribution >= 0.6 is 0 Å². The lowest BCUT2D eigenvalue weighted by Gasteiger charge is -1.99. The Morgan fingerprint density at radius 1 is 1.57 bits per heavy atom. The predicted octanol–water partition coefficient (Wildman–Crippen LogP) is 1.30. The standard InChI is InChI=1S/C8H6FNO4/c9-7-2-1-5(4-10(13)14)3-6(7)8(11)12/h1-3H,4H2,(H,11,12). The lowest BCUT2D eigenvalue weighted by atomic mass is 10.1. The number of benzene rings is 1. The fraction of sp³-hybridized carbons (Fsp3) is 0.125. The van der Waals surface area contributed by atoms with Crippen LogP contribution in [0, 0.1) is 15.9 Å². The van der Waals surface area contributed by atoms with Crippen molar-refractivity contribution in [3.63, 3.8) is 0 Å². The number of hydrogen-bond donors (Lipinski definition) is 1. The van der Waals surface area contributed by atoms with Crippen molar-refractivity contribution in [2.75, 3.05) is 0 Å². The van der Waals surface area contributed by atoms with Gasteiger partial charge in [0.15, 0.2) is 0 Å². The van der Waals surface area contributed by atoms with Gasteiger partial charge >= 0.3 is 5.97 Å². The first kappa shape index (κ1) is 10.1. The van der Waals surface area contributed by atoms with Gasteiger partial charge in [0, 0.05) is 10.5 Å². The minimum atomic E-state index is -1.44. The van der Waals surface area contributed by atoms with Gasteiger partial charge in [-0.3, -0.25) is 10.1 Å². The Morgan fingerprint density at radius 3 is 2.71 bits per heavy atom. The average Bonchev–Trinajstić information content (AvgIpc) is 2.07. The molecule has 0 unspecified atom stereocenters. The molecule has 6 heteroatoms. The number of aromatic carboxylic acids is 1. The largest absolute Gasteiger partial charge is 0.478 e. The van der Waals surface area contributed by atoms with E-state index >= 15 is 0 Å². The number of hydrogen-bond acceptors (Lipinski definition) is 3. The van der Waals surface area contributed by atoms with E-state index in [1.54, 1.807) is 0 Å². The Labute approximate surface area is 77.9 Å². The molecule has 0 aromatic heterocycles. The van der Waals surface area contributed by atoms with Gasteiger partial charge in [-0.1, -0.05) is 0 Å². The van der Waals surface area contributed by atoms with E-state index in [4.69, 9.17) is 5.11 Å². The molecular weight excluding hydrogens is 193 g/mol. The van der Waals surface area contributed by atoms with Crippen molar-refractivity contribution in [3.8, 4) is 0 Å².